The van der Waals surface area contributed by atoms with Crippen molar-refractivity contribution in [2.45, 2.75) is 35.0 Å². The molecular formula is C46H47ClF3N7O3S2. The highest BCUT2D eigenvalue weighted by atomic mass is 35.5. The molecule has 2 aliphatic rings. The Hall–Kier alpha value is -4.90. The lowest BCUT2D eigenvalue weighted by Crippen LogP contribution is -2.46. The third-order valence-electron chi connectivity index (χ3n) is 11.2. The van der Waals surface area contributed by atoms with E-state index in [1.54, 1.807) is 17.8 Å². The Bertz CT molecular complexity index is 2560. The minimum Gasteiger partial charge on any atom is -0.381 e. The van der Waals surface area contributed by atoms with Crippen molar-refractivity contribution < 1.29 is 26.3 Å². The van der Waals surface area contributed by atoms with Crippen molar-refractivity contribution in [3.63, 3.8) is 0 Å². The summed E-state index contributed by atoms with van der Waals surface area (Å²) in [5.41, 5.74) is 3.71. The molecular weight excluding hydrogens is 855 g/mol. The van der Waals surface area contributed by atoms with Crippen LogP contribution in [-0.4, -0.2) is 99.0 Å². The zero-order valence-electron chi connectivity index (χ0n) is 33.9. The van der Waals surface area contributed by atoms with E-state index in [4.69, 9.17) is 16.3 Å². The number of morpholine rings is 1. The topological polar surface area (TPSA) is 103 Å². The lowest BCUT2D eigenvalue weighted by molar-refractivity contribution is -0.137. The highest BCUT2D eigenvalue weighted by molar-refractivity contribution is 7.99. The molecule has 6 aromatic rings. The number of nitrogens with one attached hydrogen (secondary N) is 2. The first-order chi connectivity index (χ1) is 30.0. The summed E-state index contributed by atoms with van der Waals surface area (Å²) in [6.45, 7) is 7.44. The van der Waals surface area contributed by atoms with Gasteiger partial charge in [-0.1, -0.05) is 66.2 Å². The molecule has 0 amide bonds. The summed E-state index contributed by atoms with van der Waals surface area (Å²) in [6, 6.07) is 34.2. The van der Waals surface area contributed by atoms with Gasteiger partial charge in [0.15, 0.2) is 5.82 Å². The minimum atomic E-state index is -4.83. The molecule has 1 unspecified atom stereocenters. The van der Waals surface area contributed by atoms with Gasteiger partial charge in [-0.2, -0.15) is 13.2 Å². The number of hydrogen-bond acceptors (Lipinski definition) is 10. The number of alkyl halides is 3. The molecule has 16 heteroatoms. The van der Waals surface area contributed by atoms with Crippen LogP contribution in [0, 0.1) is 0 Å². The van der Waals surface area contributed by atoms with Crippen LogP contribution in [0.1, 0.15) is 17.5 Å². The van der Waals surface area contributed by atoms with E-state index in [0.29, 0.717) is 53.9 Å². The molecule has 2 fully saturated rings. The van der Waals surface area contributed by atoms with Crippen LogP contribution in [0.4, 0.5) is 30.4 Å². The average molecular weight is 903 g/mol. The summed E-state index contributed by atoms with van der Waals surface area (Å²) in [7, 11) is -4.50. The Morgan fingerprint density at radius 2 is 1.55 bits per heavy atom. The van der Waals surface area contributed by atoms with Crippen LogP contribution in [0.25, 0.3) is 22.0 Å². The molecule has 2 aliphatic heterocycles. The number of sulfonamides is 1. The molecule has 2 saturated heterocycles. The van der Waals surface area contributed by atoms with Gasteiger partial charge in [0, 0.05) is 90.8 Å². The molecule has 0 spiro atoms. The van der Waals surface area contributed by atoms with Gasteiger partial charge in [0.25, 0.3) is 10.0 Å². The second kappa shape index (κ2) is 19.7. The van der Waals surface area contributed by atoms with Crippen molar-refractivity contribution in [3.8, 4) is 11.1 Å². The molecule has 0 aliphatic carbocycles. The Morgan fingerprint density at radius 3 is 2.31 bits per heavy atom. The zero-order valence-corrected chi connectivity index (χ0v) is 36.3. The number of hydrogen-bond donors (Lipinski definition) is 2. The monoisotopic (exact) mass is 901 g/mol. The molecule has 1 aromatic heterocycles. The van der Waals surface area contributed by atoms with Gasteiger partial charge in [-0.05, 0) is 83.8 Å². The first-order valence-corrected chi connectivity index (χ1v) is 23.4. The Morgan fingerprint density at radius 1 is 0.806 bits per heavy atom. The van der Waals surface area contributed by atoms with E-state index in [2.05, 4.69) is 52.9 Å². The van der Waals surface area contributed by atoms with Gasteiger partial charge in [0.05, 0.1) is 29.2 Å². The third-order valence-corrected chi connectivity index (χ3v) is 14.0. The van der Waals surface area contributed by atoms with E-state index >= 15 is 0 Å². The van der Waals surface area contributed by atoms with E-state index in [-0.39, 0.29) is 17.5 Å². The number of nitrogens with zero attached hydrogens (tertiary/aromatic N) is 5. The highest BCUT2D eigenvalue weighted by Gasteiger charge is 2.36. The Kier molecular flexibility index (Phi) is 13.9. The second-order valence-electron chi connectivity index (χ2n) is 15.4. The van der Waals surface area contributed by atoms with Crippen molar-refractivity contribution in [3.05, 3.63) is 138 Å². The maximum absolute atomic E-state index is 14.7. The van der Waals surface area contributed by atoms with Crippen molar-refractivity contribution in [2.75, 3.05) is 79.7 Å². The summed E-state index contributed by atoms with van der Waals surface area (Å²) >= 11 is 7.69. The molecule has 0 radical (unpaired) electrons. The lowest BCUT2D eigenvalue weighted by atomic mass is 9.99. The quantitative estimate of drug-likeness (QED) is 0.0970. The third kappa shape index (κ3) is 11.0. The van der Waals surface area contributed by atoms with Crippen LogP contribution in [0.5, 0.6) is 0 Å². The molecule has 0 saturated carbocycles. The number of anilines is 3. The molecule has 3 heterocycles. The van der Waals surface area contributed by atoms with Crippen molar-refractivity contribution >= 4 is 61.5 Å². The number of benzene rings is 5. The van der Waals surface area contributed by atoms with E-state index in [9.17, 15) is 21.6 Å². The van der Waals surface area contributed by atoms with Crippen LogP contribution in [-0.2, 0) is 27.5 Å². The summed E-state index contributed by atoms with van der Waals surface area (Å²) in [5, 5.41) is 4.25. The number of fused-ring (bicyclic) bond motifs is 1. The predicted molar refractivity (Wildman–Crippen MR) is 243 cm³/mol. The van der Waals surface area contributed by atoms with Crippen molar-refractivity contribution in [1.82, 2.24) is 19.8 Å². The lowest BCUT2D eigenvalue weighted by Gasteiger charge is -2.36. The number of ether oxygens (including phenoxy) is 1. The zero-order chi connectivity index (χ0) is 43.1. The minimum absolute atomic E-state index is 0.0254. The number of piperazine rings is 1. The molecule has 324 valence electrons. The number of aromatic nitrogens is 2. The fourth-order valence-electron chi connectivity index (χ4n) is 7.83. The SMILES string of the molecule is O=S(=O)(Nc1ncnc2cc(N3CCN(Cc4ccccc4-c4ccc(Cl)cc4)CC3)ccc12)c1ccc(NC(CCN2CCOCC2)CSc2ccccc2)c(C(F)(F)F)c1. The van der Waals surface area contributed by atoms with E-state index < -0.39 is 26.7 Å². The first kappa shape index (κ1) is 43.7. The highest BCUT2D eigenvalue weighted by Crippen LogP contribution is 2.38. The van der Waals surface area contributed by atoms with Crippen LogP contribution in [0.15, 0.2) is 131 Å². The molecule has 1 atom stereocenters. The smallest absolute Gasteiger partial charge is 0.381 e. The van der Waals surface area contributed by atoms with Crippen molar-refractivity contribution in [1.29, 1.82) is 0 Å². The number of thioether (sulfide) groups is 1. The van der Waals surface area contributed by atoms with Gasteiger partial charge in [-0.25, -0.2) is 18.4 Å². The molecule has 62 heavy (non-hydrogen) atoms. The molecule has 10 nitrogen and oxygen atoms in total. The van der Waals surface area contributed by atoms with E-state index in [1.165, 1.54) is 29.6 Å². The van der Waals surface area contributed by atoms with Gasteiger partial charge in [0.1, 0.15) is 6.33 Å². The number of halogens is 4. The Labute approximate surface area is 369 Å². The average Bonchev–Trinajstić information content (AvgIpc) is 3.28. The maximum atomic E-state index is 14.7. The standard InChI is InChI=1S/C46H47ClF3N7O3S2/c47-35-12-10-33(11-13-35)40-9-5-4-6-34(40)30-56-20-22-57(23-21-56)37-14-16-41-44(28-37)51-32-52-45(41)54-62(58,59)39-15-17-43(42(29-39)46(48,49)50)53-36(18-19-55-24-26-60-27-25-55)31-61-38-7-2-1-3-8-38/h1-17,28-29,32,36,53H,18-27,30-31H2,(H,51,52,54). The van der Waals surface area contributed by atoms with Crippen LogP contribution >= 0.6 is 23.4 Å². The van der Waals surface area contributed by atoms with E-state index in [0.717, 1.165) is 62.0 Å². The molecule has 2 N–H and O–H groups in total. The molecule has 8 rings (SSSR count). The Balaban J connectivity index is 0.947. The van der Waals surface area contributed by atoms with Gasteiger partial charge in [0.2, 0.25) is 0 Å². The molecule has 5 aromatic carbocycles. The predicted octanol–water partition coefficient (Wildman–Crippen LogP) is 9.39. The van der Waals surface area contributed by atoms with Gasteiger partial charge < -0.3 is 15.0 Å². The fraction of sp³-hybridized carbons (Fsp3) is 0.304. The van der Waals surface area contributed by atoms with Crippen LogP contribution in [0.2, 0.25) is 5.02 Å². The van der Waals surface area contributed by atoms with Crippen LogP contribution in [0.3, 0.4) is 0 Å². The maximum Gasteiger partial charge on any atom is 0.418 e. The van der Waals surface area contributed by atoms with Gasteiger partial charge in [-0.15, -0.1) is 11.8 Å². The largest absolute Gasteiger partial charge is 0.418 e. The summed E-state index contributed by atoms with van der Waals surface area (Å²) in [6.07, 6.45) is -3.00. The molecule has 0 bridgehead atoms. The van der Waals surface area contributed by atoms with Crippen molar-refractivity contribution in [2.24, 2.45) is 0 Å². The summed E-state index contributed by atoms with van der Waals surface area (Å²) in [4.78, 5) is 16.0. The van der Waals surface area contributed by atoms with Crippen LogP contribution < -0.4 is 14.9 Å². The summed E-state index contributed by atoms with van der Waals surface area (Å²) in [5.74, 6) is 0.481. The van der Waals surface area contributed by atoms with E-state index in [1.807, 2.05) is 72.8 Å². The number of rotatable bonds is 15. The fourth-order valence-corrected chi connectivity index (χ4v) is 10.0. The normalized spacial score (nSPS) is 16.0. The van der Waals surface area contributed by atoms with Gasteiger partial charge >= 0.3 is 6.18 Å². The van der Waals surface area contributed by atoms with Gasteiger partial charge in [-0.3, -0.25) is 14.5 Å². The summed E-state index contributed by atoms with van der Waals surface area (Å²) < 4.78 is 79.6. The second-order valence-corrected chi connectivity index (χ2v) is 18.6. The first-order valence-electron chi connectivity index (χ1n) is 20.5.